The highest BCUT2D eigenvalue weighted by Gasteiger charge is 2.02. The summed E-state index contributed by atoms with van der Waals surface area (Å²) >= 11 is 12.0. The highest BCUT2D eigenvalue weighted by Crippen LogP contribution is 2.21. The summed E-state index contributed by atoms with van der Waals surface area (Å²) in [4.78, 5) is 20.2. The SMILES string of the molecule is O=C(/C=C/c1cc(Cl)ccc1Cl)NCc1ccc(-n2ccnc2)nc1. The molecule has 1 aromatic carbocycles. The van der Waals surface area contributed by atoms with E-state index in [0.717, 1.165) is 11.4 Å². The maximum atomic E-state index is 11.9. The molecule has 0 spiro atoms. The molecule has 2 heterocycles. The van der Waals surface area contributed by atoms with Gasteiger partial charge in [0.15, 0.2) is 0 Å². The van der Waals surface area contributed by atoms with Crippen molar-refractivity contribution in [1.29, 1.82) is 0 Å². The summed E-state index contributed by atoms with van der Waals surface area (Å²) in [6.07, 6.45) is 9.95. The summed E-state index contributed by atoms with van der Waals surface area (Å²) in [5, 5.41) is 3.89. The first-order valence-corrected chi connectivity index (χ1v) is 8.21. The van der Waals surface area contributed by atoms with Crippen LogP contribution >= 0.6 is 23.2 Å². The van der Waals surface area contributed by atoms with Crippen LogP contribution in [0, 0.1) is 0 Å². The second kappa shape index (κ2) is 7.96. The number of aromatic nitrogens is 3. The molecule has 3 rings (SSSR count). The van der Waals surface area contributed by atoms with E-state index in [9.17, 15) is 4.79 Å². The second-order valence-corrected chi connectivity index (χ2v) is 6.06. The molecular weight excluding hydrogens is 359 g/mol. The Balaban J connectivity index is 1.57. The van der Waals surface area contributed by atoms with E-state index in [4.69, 9.17) is 23.2 Å². The van der Waals surface area contributed by atoms with Crippen LogP contribution in [0.25, 0.3) is 11.9 Å². The van der Waals surface area contributed by atoms with Crippen molar-refractivity contribution in [3.63, 3.8) is 0 Å². The minimum Gasteiger partial charge on any atom is -0.348 e. The third-order valence-corrected chi connectivity index (χ3v) is 4.00. The lowest BCUT2D eigenvalue weighted by Crippen LogP contribution is -2.20. The molecule has 1 N–H and O–H groups in total. The van der Waals surface area contributed by atoms with Crippen molar-refractivity contribution in [2.45, 2.75) is 6.54 Å². The Morgan fingerprint density at radius 3 is 2.84 bits per heavy atom. The van der Waals surface area contributed by atoms with Crippen LogP contribution in [0.2, 0.25) is 10.0 Å². The number of benzene rings is 1. The molecule has 0 unspecified atom stereocenters. The van der Waals surface area contributed by atoms with Gasteiger partial charge in [0.2, 0.25) is 5.91 Å². The second-order valence-electron chi connectivity index (χ2n) is 5.21. The lowest BCUT2D eigenvalue weighted by atomic mass is 10.2. The van der Waals surface area contributed by atoms with E-state index < -0.39 is 0 Å². The number of imidazole rings is 1. The zero-order chi connectivity index (χ0) is 17.6. The predicted octanol–water partition coefficient (Wildman–Crippen LogP) is 3.90. The molecule has 0 saturated heterocycles. The fourth-order valence-corrected chi connectivity index (χ4v) is 2.49. The highest BCUT2D eigenvalue weighted by molar-refractivity contribution is 6.34. The first-order chi connectivity index (χ1) is 12.1. The fraction of sp³-hybridized carbons (Fsp3) is 0.0556. The minimum atomic E-state index is -0.227. The summed E-state index contributed by atoms with van der Waals surface area (Å²) in [5.41, 5.74) is 1.59. The van der Waals surface area contributed by atoms with E-state index in [1.165, 1.54) is 6.08 Å². The van der Waals surface area contributed by atoms with Crippen LogP contribution in [0.1, 0.15) is 11.1 Å². The molecule has 25 heavy (non-hydrogen) atoms. The van der Waals surface area contributed by atoms with Gasteiger partial charge in [-0.25, -0.2) is 9.97 Å². The van der Waals surface area contributed by atoms with E-state index in [-0.39, 0.29) is 5.91 Å². The molecule has 2 aromatic heterocycles. The number of rotatable bonds is 5. The summed E-state index contributed by atoms with van der Waals surface area (Å²) in [7, 11) is 0. The zero-order valence-electron chi connectivity index (χ0n) is 13.1. The number of nitrogens with zero attached hydrogens (tertiary/aromatic N) is 3. The lowest BCUT2D eigenvalue weighted by molar-refractivity contribution is -0.116. The topological polar surface area (TPSA) is 59.8 Å². The molecule has 0 fully saturated rings. The third kappa shape index (κ3) is 4.68. The minimum absolute atomic E-state index is 0.227. The van der Waals surface area contributed by atoms with Gasteiger partial charge in [-0.15, -0.1) is 0 Å². The largest absolute Gasteiger partial charge is 0.348 e. The van der Waals surface area contributed by atoms with E-state index in [2.05, 4.69) is 15.3 Å². The molecule has 0 aliphatic carbocycles. The molecule has 0 radical (unpaired) electrons. The van der Waals surface area contributed by atoms with E-state index in [1.807, 2.05) is 18.3 Å². The molecule has 7 heteroatoms. The molecule has 0 bridgehead atoms. The number of halogens is 2. The Hall–Kier alpha value is -2.63. The molecule has 0 saturated carbocycles. The van der Waals surface area contributed by atoms with Gasteiger partial charge in [-0.05, 0) is 41.5 Å². The Labute approximate surface area is 154 Å². The van der Waals surface area contributed by atoms with E-state index in [0.29, 0.717) is 22.2 Å². The number of hydrogen-bond acceptors (Lipinski definition) is 3. The van der Waals surface area contributed by atoms with Gasteiger partial charge >= 0.3 is 0 Å². The highest BCUT2D eigenvalue weighted by atomic mass is 35.5. The van der Waals surface area contributed by atoms with Gasteiger partial charge in [0.25, 0.3) is 0 Å². The van der Waals surface area contributed by atoms with Crippen molar-refractivity contribution < 1.29 is 4.79 Å². The Kier molecular flexibility index (Phi) is 5.48. The third-order valence-electron chi connectivity index (χ3n) is 3.42. The molecule has 126 valence electrons. The monoisotopic (exact) mass is 372 g/mol. The van der Waals surface area contributed by atoms with Crippen LogP contribution in [0.5, 0.6) is 0 Å². The number of nitrogens with one attached hydrogen (secondary N) is 1. The summed E-state index contributed by atoms with van der Waals surface area (Å²) in [5.74, 6) is 0.540. The molecule has 5 nitrogen and oxygen atoms in total. The maximum Gasteiger partial charge on any atom is 0.244 e. The van der Waals surface area contributed by atoms with Crippen molar-refractivity contribution in [2.75, 3.05) is 0 Å². The molecule has 0 atom stereocenters. The summed E-state index contributed by atoms with van der Waals surface area (Å²) in [6.45, 7) is 0.379. The number of hydrogen-bond donors (Lipinski definition) is 1. The molecule has 3 aromatic rings. The van der Waals surface area contributed by atoms with E-state index >= 15 is 0 Å². The van der Waals surface area contributed by atoms with Gasteiger partial charge in [0.1, 0.15) is 12.1 Å². The van der Waals surface area contributed by atoms with Gasteiger partial charge in [-0.1, -0.05) is 29.3 Å². The first kappa shape index (κ1) is 17.2. The van der Waals surface area contributed by atoms with Crippen molar-refractivity contribution >= 4 is 35.2 Å². The van der Waals surface area contributed by atoms with Gasteiger partial charge in [-0.3, -0.25) is 9.36 Å². The molecule has 0 aliphatic heterocycles. The number of carbonyl (C=O) groups is 1. The Morgan fingerprint density at radius 1 is 1.24 bits per heavy atom. The first-order valence-electron chi connectivity index (χ1n) is 7.46. The van der Waals surface area contributed by atoms with Crippen LogP contribution in [-0.4, -0.2) is 20.4 Å². The van der Waals surface area contributed by atoms with Crippen molar-refractivity contribution in [2.24, 2.45) is 0 Å². The number of amides is 1. The quantitative estimate of drug-likeness (QED) is 0.690. The van der Waals surface area contributed by atoms with Gasteiger partial charge in [0.05, 0.1) is 0 Å². The normalized spacial score (nSPS) is 11.0. The van der Waals surface area contributed by atoms with Gasteiger partial charge in [0, 0.05) is 41.3 Å². The molecule has 0 aliphatic rings. The summed E-state index contributed by atoms with van der Waals surface area (Å²) in [6, 6.07) is 8.86. The number of pyridine rings is 1. The molecule has 1 amide bonds. The Morgan fingerprint density at radius 2 is 2.12 bits per heavy atom. The molecular formula is C18H14Cl2N4O. The van der Waals surface area contributed by atoms with Crippen LogP contribution in [0.3, 0.4) is 0 Å². The van der Waals surface area contributed by atoms with Gasteiger partial charge < -0.3 is 5.32 Å². The van der Waals surface area contributed by atoms with Crippen LogP contribution in [0.15, 0.2) is 61.3 Å². The van der Waals surface area contributed by atoms with Crippen LogP contribution in [0.4, 0.5) is 0 Å². The van der Waals surface area contributed by atoms with E-state index in [1.54, 1.807) is 47.6 Å². The van der Waals surface area contributed by atoms with Crippen molar-refractivity contribution in [3.05, 3.63) is 82.5 Å². The average molecular weight is 373 g/mol. The predicted molar refractivity (Wildman–Crippen MR) is 98.7 cm³/mol. The standard InChI is InChI=1S/C18H14Cl2N4O/c19-15-3-4-16(20)14(9-15)2-6-18(25)23-11-13-1-5-17(22-10-13)24-8-7-21-12-24/h1-10,12H,11H2,(H,23,25)/b6-2+. The summed E-state index contributed by atoms with van der Waals surface area (Å²) < 4.78 is 1.81. The Bertz CT molecular complexity index is 890. The van der Waals surface area contributed by atoms with Crippen molar-refractivity contribution in [1.82, 2.24) is 19.9 Å². The maximum absolute atomic E-state index is 11.9. The van der Waals surface area contributed by atoms with Crippen LogP contribution < -0.4 is 5.32 Å². The van der Waals surface area contributed by atoms with Gasteiger partial charge in [-0.2, -0.15) is 0 Å². The lowest BCUT2D eigenvalue weighted by Gasteiger charge is -2.05. The average Bonchev–Trinajstić information content (AvgIpc) is 3.16. The van der Waals surface area contributed by atoms with Crippen LogP contribution in [-0.2, 0) is 11.3 Å². The smallest absolute Gasteiger partial charge is 0.244 e. The number of carbonyl (C=O) groups excluding carboxylic acids is 1. The zero-order valence-corrected chi connectivity index (χ0v) is 14.6. The fourth-order valence-electron chi connectivity index (χ4n) is 2.12. The van der Waals surface area contributed by atoms with Crippen molar-refractivity contribution in [3.8, 4) is 5.82 Å².